The fraction of sp³-hybridized carbons (Fsp3) is 0.400. The first-order chi connectivity index (χ1) is 17.5. The molecule has 38 heavy (non-hydrogen) atoms. The van der Waals surface area contributed by atoms with Crippen LogP contribution in [0.2, 0.25) is 10.0 Å². The van der Waals surface area contributed by atoms with Crippen molar-refractivity contribution in [1.82, 2.24) is 4.90 Å². The van der Waals surface area contributed by atoms with Gasteiger partial charge in [-0.25, -0.2) is 8.42 Å². The van der Waals surface area contributed by atoms with Gasteiger partial charge in [0.15, 0.2) is 15.8 Å². The van der Waals surface area contributed by atoms with E-state index in [1.165, 1.54) is 6.07 Å². The predicted octanol–water partition coefficient (Wildman–Crippen LogP) is 3.59. The number of anilines is 1. The van der Waals surface area contributed by atoms with Crippen molar-refractivity contribution in [2.24, 2.45) is 11.5 Å². The molecule has 10 nitrogen and oxygen atoms in total. The third kappa shape index (κ3) is 8.59. The number of rotatable bonds is 11. The summed E-state index contributed by atoms with van der Waals surface area (Å²) in [6.45, 7) is 6.07. The summed E-state index contributed by atoms with van der Waals surface area (Å²) in [5.74, 6) is -3.69. The van der Waals surface area contributed by atoms with Crippen LogP contribution in [-0.4, -0.2) is 54.6 Å². The van der Waals surface area contributed by atoms with Crippen LogP contribution in [0.5, 0.6) is 0 Å². The maximum atomic E-state index is 13.4. The van der Waals surface area contributed by atoms with Gasteiger partial charge in [-0.15, -0.1) is 0 Å². The Morgan fingerprint density at radius 3 is 2.34 bits per heavy atom. The van der Waals surface area contributed by atoms with E-state index in [0.717, 1.165) is 16.0 Å². The molecule has 0 aliphatic carbocycles. The van der Waals surface area contributed by atoms with E-state index in [4.69, 9.17) is 45.2 Å². The van der Waals surface area contributed by atoms with E-state index in [1.807, 2.05) is 20.8 Å². The molecule has 0 radical (unpaired) electrons. The molecule has 1 atom stereocenters. The molecule has 0 saturated carbocycles. The number of carbonyl (C=O) groups excluding carboxylic acids is 1. The Morgan fingerprint density at radius 1 is 1.13 bits per heavy atom. The number of nitrogens with zero attached hydrogens (tertiary/aromatic N) is 1. The molecule has 2 aromatic rings. The van der Waals surface area contributed by atoms with Crippen LogP contribution in [0.15, 0.2) is 41.3 Å². The Morgan fingerprint density at radius 2 is 1.79 bits per heavy atom. The van der Waals surface area contributed by atoms with E-state index in [2.05, 4.69) is 5.32 Å². The smallest absolute Gasteiger partial charge is 0.320 e. The Hall–Kier alpha value is -2.86. The fourth-order valence-corrected chi connectivity index (χ4v) is 5.24. The normalized spacial score (nSPS) is 12.6. The maximum Gasteiger partial charge on any atom is 0.320 e. The molecule has 2 aromatic carbocycles. The summed E-state index contributed by atoms with van der Waals surface area (Å²) in [4.78, 5) is 24.5. The van der Waals surface area contributed by atoms with Crippen molar-refractivity contribution < 1.29 is 23.1 Å². The summed E-state index contributed by atoms with van der Waals surface area (Å²) >= 11 is 12.1. The summed E-state index contributed by atoms with van der Waals surface area (Å²) in [5.41, 5.74) is 12.7. The molecule has 1 unspecified atom stereocenters. The largest absolute Gasteiger partial charge is 0.480 e. The number of benzene rings is 2. The summed E-state index contributed by atoms with van der Waals surface area (Å²) in [7, 11) is -4.18. The summed E-state index contributed by atoms with van der Waals surface area (Å²) < 4.78 is 26.8. The average molecular weight is 587 g/mol. The van der Waals surface area contributed by atoms with Gasteiger partial charge >= 0.3 is 5.97 Å². The van der Waals surface area contributed by atoms with E-state index < -0.39 is 39.5 Å². The number of nitrogens with one attached hydrogen (secondary N) is 2. The highest BCUT2D eigenvalue weighted by molar-refractivity contribution is 7.92. The van der Waals surface area contributed by atoms with Crippen molar-refractivity contribution in [3.63, 3.8) is 0 Å². The molecule has 0 bridgehead atoms. The van der Waals surface area contributed by atoms with E-state index >= 15 is 0 Å². The van der Waals surface area contributed by atoms with Crippen LogP contribution in [0.25, 0.3) is 0 Å². The number of carbonyl (C=O) groups is 2. The SMILES string of the molecule is CC(C)(C)c1ccc(S(=O)(=O)CC(=O)N(CCCC(N)C(=O)O)C(=N)N)c(NCc2ccc(Cl)c(Cl)c2)c1. The van der Waals surface area contributed by atoms with Gasteiger partial charge < -0.3 is 21.9 Å². The molecule has 7 N–H and O–H groups in total. The summed E-state index contributed by atoms with van der Waals surface area (Å²) in [6.07, 6.45) is 0.145. The van der Waals surface area contributed by atoms with Crippen LogP contribution in [0.4, 0.5) is 5.69 Å². The van der Waals surface area contributed by atoms with Gasteiger partial charge in [-0.3, -0.25) is 19.9 Å². The number of carboxylic acid groups (broad SMARTS) is 1. The van der Waals surface area contributed by atoms with Gasteiger partial charge in [0.25, 0.3) is 0 Å². The van der Waals surface area contributed by atoms with Crippen LogP contribution < -0.4 is 16.8 Å². The lowest BCUT2D eigenvalue weighted by atomic mass is 9.87. The lowest BCUT2D eigenvalue weighted by molar-refractivity contribution is -0.138. The highest BCUT2D eigenvalue weighted by atomic mass is 35.5. The fourth-order valence-electron chi connectivity index (χ4n) is 3.54. The molecule has 0 aliphatic rings. The molecule has 0 heterocycles. The van der Waals surface area contributed by atoms with Crippen molar-refractivity contribution in [1.29, 1.82) is 5.41 Å². The minimum atomic E-state index is -4.18. The number of sulfone groups is 1. The first-order valence-electron chi connectivity index (χ1n) is 11.7. The first kappa shape index (κ1) is 31.4. The van der Waals surface area contributed by atoms with Crippen molar-refractivity contribution in [3.05, 3.63) is 57.6 Å². The second kappa shape index (κ2) is 12.8. The minimum absolute atomic E-state index is 0.0240. The Kier molecular flexibility index (Phi) is 10.6. The highest BCUT2D eigenvalue weighted by Gasteiger charge is 2.28. The molecule has 0 fully saturated rings. The standard InChI is InChI=1S/C25H33Cl2N5O5S/c1-25(2,3)16-7-9-21(20(12-16)31-13-15-6-8-17(26)18(27)11-15)38(36,37)14-22(33)32(24(29)30)10-4-5-19(28)23(34)35/h6-9,11-12,19,31H,4-5,10,13-14,28H2,1-3H3,(H3,29,30)(H,34,35). The van der Waals surface area contributed by atoms with Crippen molar-refractivity contribution in [2.75, 3.05) is 17.6 Å². The van der Waals surface area contributed by atoms with Gasteiger partial charge in [-0.2, -0.15) is 0 Å². The highest BCUT2D eigenvalue weighted by Crippen LogP contribution is 2.31. The van der Waals surface area contributed by atoms with E-state index in [0.29, 0.717) is 15.7 Å². The first-order valence-corrected chi connectivity index (χ1v) is 14.1. The summed E-state index contributed by atoms with van der Waals surface area (Å²) in [5, 5.41) is 20.5. The van der Waals surface area contributed by atoms with E-state index in [9.17, 15) is 18.0 Å². The van der Waals surface area contributed by atoms with E-state index in [1.54, 1.807) is 30.3 Å². The average Bonchev–Trinajstić information content (AvgIpc) is 2.80. The molecule has 208 valence electrons. The number of hydrogen-bond donors (Lipinski definition) is 5. The molecular formula is C25H33Cl2N5O5S. The third-order valence-corrected chi connectivity index (χ3v) is 8.16. The van der Waals surface area contributed by atoms with E-state index in [-0.39, 0.29) is 36.2 Å². The number of carboxylic acids is 1. The monoisotopic (exact) mass is 585 g/mol. The molecule has 1 amide bonds. The zero-order chi connectivity index (χ0) is 28.8. The molecule has 2 rings (SSSR count). The van der Waals surface area contributed by atoms with Crippen LogP contribution in [0, 0.1) is 5.41 Å². The Balaban J connectivity index is 2.32. The number of aliphatic carboxylic acids is 1. The second-order valence-corrected chi connectivity index (χ2v) is 12.6. The topological polar surface area (TPSA) is 180 Å². The van der Waals surface area contributed by atoms with Crippen LogP contribution in [-0.2, 0) is 31.4 Å². The maximum absolute atomic E-state index is 13.4. The third-order valence-electron chi connectivity index (χ3n) is 5.77. The number of guanidine groups is 1. The summed E-state index contributed by atoms with van der Waals surface area (Å²) in [6, 6.07) is 8.79. The molecule has 0 saturated heterocycles. The molecule has 0 spiro atoms. The minimum Gasteiger partial charge on any atom is -0.480 e. The zero-order valence-corrected chi connectivity index (χ0v) is 23.8. The van der Waals surface area contributed by atoms with Gasteiger partial charge in [0, 0.05) is 13.1 Å². The molecule has 13 heteroatoms. The van der Waals surface area contributed by atoms with Crippen LogP contribution in [0.3, 0.4) is 0 Å². The van der Waals surface area contributed by atoms with Crippen molar-refractivity contribution in [3.8, 4) is 0 Å². The quantitative estimate of drug-likeness (QED) is 0.196. The Labute approximate surface area is 232 Å². The molecule has 0 aliphatic heterocycles. The van der Waals surface area contributed by atoms with Crippen LogP contribution >= 0.6 is 23.2 Å². The molecule has 0 aromatic heterocycles. The van der Waals surface area contributed by atoms with Gasteiger partial charge in [0.1, 0.15) is 11.8 Å². The van der Waals surface area contributed by atoms with Crippen molar-refractivity contribution >= 4 is 56.6 Å². The zero-order valence-electron chi connectivity index (χ0n) is 21.4. The lowest BCUT2D eigenvalue weighted by Crippen LogP contribution is -2.45. The Bertz CT molecular complexity index is 1310. The number of amides is 1. The second-order valence-electron chi connectivity index (χ2n) is 9.84. The predicted molar refractivity (Wildman–Crippen MR) is 149 cm³/mol. The number of hydrogen-bond acceptors (Lipinski definition) is 7. The molecular weight excluding hydrogens is 553 g/mol. The number of nitrogens with two attached hydrogens (primary N) is 2. The van der Waals surface area contributed by atoms with Crippen LogP contribution in [0.1, 0.15) is 44.7 Å². The number of halogens is 2. The van der Waals surface area contributed by atoms with Gasteiger partial charge in [0.2, 0.25) is 5.91 Å². The van der Waals surface area contributed by atoms with Gasteiger partial charge in [0.05, 0.1) is 20.6 Å². The van der Waals surface area contributed by atoms with Gasteiger partial charge in [-0.1, -0.05) is 56.1 Å². The van der Waals surface area contributed by atoms with Gasteiger partial charge in [-0.05, 0) is 53.6 Å². The van der Waals surface area contributed by atoms with Crippen molar-refractivity contribution in [2.45, 2.75) is 56.5 Å². The lowest BCUT2D eigenvalue weighted by Gasteiger charge is -2.23.